The second-order valence-electron chi connectivity index (χ2n) is 9.03. The summed E-state index contributed by atoms with van der Waals surface area (Å²) in [6.07, 6.45) is 2.20. The van der Waals surface area contributed by atoms with Gasteiger partial charge < -0.3 is 30.5 Å². The van der Waals surface area contributed by atoms with E-state index in [1.807, 2.05) is 6.07 Å². The molecule has 1 spiro atoms. The summed E-state index contributed by atoms with van der Waals surface area (Å²) in [4.78, 5) is 35.5. The van der Waals surface area contributed by atoms with E-state index in [1.165, 1.54) is 0 Å². The summed E-state index contributed by atoms with van der Waals surface area (Å²) in [5, 5.41) is 32.5. The summed E-state index contributed by atoms with van der Waals surface area (Å²) >= 11 is 0. The lowest BCUT2D eigenvalue weighted by Gasteiger charge is -2.26. The van der Waals surface area contributed by atoms with E-state index in [9.17, 15) is 24.9 Å². The van der Waals surface area contributed by atoms with Crippen LogP contribution in [0.2, 0.25) is 0 Å². The van der Waals surface area contributed by atoms with Crippen LogP contribution < -0.4 is 5.32 Å². The number of benzene rings is 1. The number of amides is 2. The summed E-state index contributed by atoms with van der Waals surface area (Å²) in [6.45, 7) is 0.273. The summed E-state index contributed by atoms with van der Waals surface area (Å²) in [7, 11) is 0. The lowest BCUT2D eigenvalue weighted by molar-refractivity contribution is -0.126. The van der Waals surface area contributed by atoms with Crippen molar-refractivity contribution in [3.63, 3.8) is 0 Å². The molecule has 2 aliphatic carbocycles. The molecule has 5 rings (SSSR count). The number of nitrogens with zero attached hydrogens (tertiary/aromatic N) is 2. The number of H-pyrrole nitrogens is 1. The topological polar surface area (TPSA) is 139 Å². The molecule has 2 heterocycles. The Balaban J connectivity index is 1.38. The first kappa shape index (κ1) is 19.5. The van der Waals surface area contributed by atoms with E-state index < -0.39 is 30.2 Å². The number of aromatic nitrogens is 2. The maximum Gasteiger partial charge on any atom is 0.256 e. The summed E-state index contributed by atoms with van der Waals surface area (Å²) in [5.41, 5.74) is 1.80. The van der Waals surface area contributed by atoms with E-state index in [0.717, 1.165) is 18.4 Å². The van der Waals surface area contributed by atoms with Gasteiger partial charge >= 0.3 is 0 Å². The Kier molecular flexibility index (Phi) is 4.57. The quantitative estimate of drug-likeness (QED) is 0.469. The Morgan fingerprint density at radius 3 is 2.77 bits per heavy atom. The number of hydrogen-bond acceptors (Lipinski definition) is 6. The predicted octanol–water partition coefficient (Wildman–Crippen LogP) is -0.224. The van der Waals surface area contributed by atoms with Gasteiger partial charge in [0.05, 0.1) is 29.6 Å². The molecule has 160 valence electrons. The van der Waals surface area contributed by atoms with Gasteiger partial charge in [-0.2, -0.15) is 0 Å². The first-order chi connectivity index (χ1) is 14.4. The molecule has 9 nitrogen and oxygen atoms in total. The molecule has 9 heteroatoms. The van der Waals surface area contributed by atoms with Gasteiger partial charge in [0.15, 0.2) is 0 Å². The number of imidazole rings is 1. The highest BCUT2D eigenvalue weighted by Gasteiger charge is 2.56. The van der Waals surface area contributed by atoms with Crippen LogP contribution in [-0.2, 0) is 4.79 Å². The van der Waals surface area contributed by atoms with Crippen LogP contribution in [-0.4, -0.2) is 79.4 Å². The van der Waals surface area contributed by atoms with Crippen molar-refractivity contribution in [3.8, 4) is 0 Å². The second kappa shape index (κ2) is 7.04. The van der Waals surface area contributed by atoms with Gasteiger partial charge in [0.2, 0.25) is 5.91 Å². The minimum absolute atomic E-state index is 0.00141. The first-order valence-electron chi connectivity index (χ1n) is 10.4. The first-order valence-corrected chi connectivity index (χ1v) is 10.4. The lowest BCUT2D eigenvalue weighted by Crippen LogP contribution is -2.51. The zero-order valence-electron chi connectivity index (χ0n) is 16.5. The number of carbonyl (C=O) groups is 2. The maximum atomic E-state index is 13.4. The van der Waals surface area contributed by atoms with E-state index in [0.29, 0.717) is 30.5 Å². The number of para-hydroxylation sites is 1. The van der Waals surface area contributed by atoms with Crippen molar-refractivity contribution < 1.29 is 24.9 Å². The standard InChI is InChI=1S/C21H26N4O5/c26-8-11-6-14(18(28)17(11)27)24-19(29)15-7-21(4-5-21)9-25(15)20(30)12-2-1-3-13-16(12)23-10-22-13/h1-3,10-11,14-15,17-18,26-28H,4-9H2,(H,22,23)(H,24,29)/t11-,14+,15+,17-,18-/m1/s1. The third-order valence-electron chi connectivity index (χ3n) is 7.07. The molecule has 1 saturated heterocycles. The number of hydrogen-bond donors (Lipinski definition) is 5. The molecule has 2 amide bonds. The van der Waals surface area contributed by atoms with Crippen molar-refractivity contribution in [1.29, 1.82) is 0 Å². The fourth-order valence-corrected chi connectivity index (χ4v) is 5.06. The number of aliphatic hydroxyl groups excluding tert-OH is 3. The number of carbonyl (C=O) groups excluding carboxylic acids is 2. The average Bonchev–Trinajstić information content (AvgIpc) is 3.06. The molecule has 0 bridgehead atoms. The van der Waals surface area contributed by atoms with Crippen molar-refractivity contribution in [2.75, 3.05) is 13.2 Å². The van der Waals surface area contributed by atoms with Crippen LogP contribution in [0.15, 0.2) is 24.5 Å². The molecule has 5 N–H and O–H groups in total. The van der Waals surface area contributed by atoms with Crippen LogP contribution in [0.3, 0.4) is 0 Å². The highest BCUT2D eigenvalue weighted by Crippen LogP contribution is 2.55. The van der Waals surface area contributed by atoms with Gasteiger partial charge in [-0.25, -0.2) is 4.98 Å². The van der Waals surface area contributed by atoms with Crippen molar-refractivity contribution in [1.82, 2.24) is 20.2 Å². The van der Waals surface area contributed by atoms with Crippen LogP contribution in [0, 0.1) is 11.3 Å². The van der Waals surface area contributed by atoms with E-state index in [-0.39, 0.29) is 23.8 Å². The maximum absolute atomic E-state index is 13.4. The second-order valence-corrected chi connectivity index (χ2v) is 9.03. The summed E-state index contributed by atoms with van der Waals surface area (Å²) in [6, 6.07) is 4.08. The van der Waals surface area contributed by atoms with Crippen molar-refractivity contribution in [2.45, 2.75) is 50.0 Å². The van der Waals surface area contributed by atoms with E-state index in [2.05, 4.69) is 15.3 Å². The van der Waals surface area contributed by atoms with Gasteiger partial charge in [0.1, 0.15) is 17.7 Å². The molecule has 0 unspecified atom stereocenters. The highest BCUT2D eigenvalue weighted by molar-refractivity contribution is 6.06. The molecule has 1 aliphatic heterocycles. The molecule has 2 aromatic rings. The van der Waals surface area contributed by atoms with Crippen LogP contribution in [0.1, 0.15) is 36.0 Å². The fraction of sp³-hybridized carbons (Fsp3) is 0.571. The predicted molar refractivity (Wildman–Crippen MR) is 106 cm³/mol. The highest BCUT2D eigenvalue weighted by atomic mass is 16.3. The van der Waals surface area contributed by atoms with Crippen LogP contribution >= 0.6 is 0 Å². The molecular formula is C21H26N4O5. The molecule has 1 aromatic heterocycles. The molecule has 5 atom stereocenters. The number of fused-ring (bicyclic) bond motifs is 1. The monoisotopic (exact) mass is 414 g/mol. The Morgan fingerprint density at radius 1 is 1.27 bits per heavy atom. The van der Waals surface area contributed by atoms with E-state index >= 15 is 0 Å². The van der Waals surface area contributed by atoms with Gasteiger partial charge in [-0.3, -0.25) is 9.59 Å². The third-order valence-corrected chi connectivity index (χ3v) is 7.07. The zero-order valence-corrected chi connectivity index (χ0v) is 16.5. The van der Waals surface area contributed by atoms with Gasteiger partial charge in [-0.05, 0) is 43.2 Å². The van der Waals surface area contributed by atoms with Gasteiger partial charge in [-0.15, -0.1) is 0 Å². The van der Waals surface area contributed by atoms with Gasteiger partial charge in [0, 0.05) is 19.1 Å². The average molecular weight is 414 g/mol. The Labute approximate surface area is 173 Å². The van der Waals surface area contributed by atoms with Crippen molar-refractivity contribution in [3.05, 3.63) is 30.1 Å². The molecule has 1 aromatic carbocycles. The lowest BCUT2D eigenvalue weighted by atomic mass is 10.0. The Hall–Kier alpha value is -2.49. The van der Waals surface area contributed by atoms with Crippen LogP contribution in [0.5, 0.6) is 0 Å². The molecule has 2 saturated carbocycles. The van der Waals surface area contributed by atoms with Gasteiger partial charge in [0.25, 0.3) is 5.91 Å². The molecular weight excluding hydrogens is 388 g/mol. The Morgan fingerprint density at radius 2 is 2.07 bits per heavy atom. The van der Waals surface area contributed by atoms with Crippen LogP contribution in [0.25, 0.3) is 11.0 Å². The molecule has 0 radical (unpaired) electrons. The number of likely N-dealkylation sites (tertiary alicyclic amines) is 1. The number of rotatable bonds is 4. The van der Waals surface area contributed by atoms with Gasteiger partial charge in [-0.1, -0.05) is 6.07 Å². The summed E-state index contributed by atoms with van der Waals surface area (Å²) < 4.78 is 0. The number of aliphatic hydroxyl groups is 3. The third kappa shape index (κ3) is 3.08. The van der Waals surface area contributed by atoms with Crippen LogP contribution in [0.4, 0.5) is 0 Å². The minimum atomic E-state index is -1.13. The van der Waals surface area contributed by atoms with E-state index in [1.54, 1.807) is 23.4 Å². The number of nitrogens with one attached hydrogen (secondary N) is 2. The number of aromatic amines is 1. The largest absolute Gasteiger partial charge is 0.396 e. The molecule has 30 heavy (non-hydrogen) atoms. The molecule has 3 aliphatic rings. The fourth-order valence-electron chi connectivity index (χ4n) is 5.06. The minimum Gasteiger partial charge on any atom is -0.396 e. The normalized spacial score (nSPS) is 32.1. The van der Waals surface area contributed by atoms with E-state index in [4.69, 9.17) is 0 Å². The summed E-state index contributed by atoms with van der Waals surface area (Å²) in [5.74, 6) is -1.02. The molecule has 3 fully saturated rings. The SMILES string of the molecule is O=C(N[C@H]1C[C@H](CO)[C@@H](O)[C@@H]1O)[C@@H]1CC2(CC2)CN1C(=O)c1cccc2[nH]cnc12. The van der Waals surface area contributed by atoms with Crippen molar-refractivity contribution in [2.24, 2.45) is 11.3 Å². The Bertz CT molecular complexity index is 987. The zero-order chi connectivity index (χ0) is 21.0. The van der Waals surface area contributed by atoms with Crippen molar-refractivity contribution >= 4 is 22.8 Å². The smallest absolute Gasteiger partial charge is 0.256 e.